The number of carbonyl (C=O) groups is 2. The highest BCUT2D eigenvalue weighted by molar-refractivity contribution is 9.10. The van der Waals surface area contributed by atoms with E-state index in [1.54, 1.807) is 5.38 Å². The summed E-state index contributed by atoms with van der Waals surface area (Å²) >= 11 is 4.88. The fourth-order valence-corrected chi connectivity index (χ4v) is 3.41. The average Bonchev–Trinajstić information content (AvgIpc) is 2.78. The number of nitrogens with one attached hydrogen (secondary N) is 1. The number of rotatable bonds is 5. The van der Waals surface area contributed by atoms with Crippen LogP contribution in [0.25, 0.3) is 0 Å². The Morgan fingerprint density at radius 3 is 2.64 bits per heavy atom. The predicted molar refractivity (Wildman–Crippen MR) is 90.4 cm³/mol. The minimum Gasteiger partial charge on any atom is -0.481 e. The van der Waals surface area contributed by atoms with Gasteiger partial charge in [-0.2, -0.15) is 0 Å². The maximum Gasteiger partial charge on any atom is 0.305 e. The fourth-order valence-electron chi connectivity index (χ4n) is 2.12. The van der Waals surface area contributed by atoms with Gasteiger partial charge in [0.15, 0.2) is 0 Å². The first-order chi connectivity index (χ1) is 10.4. The average molecular weight is 382 g/mol. The van der Waals surface area contributed by atoms with Gasteiger partial charge in [0.05, 0.1) is 18.0 Å². The van der Waals surface area contributed by atoms with Crippen molar-refractivity contribution in [3.8, 4) is 0 Å². The molecule has 1 aromatic carbocycles. The predicted octanol–water partition coefficient (Wildman–Crippen LogP) is 4.07. The van der Waals surface area contributed by atoms with Crippen LogP contribution in [-0.4, -0.2) is 17.0 Å². The maximum atomic E-state index is 12.4. The molecule has 0 radical (unpaired) electrons. The molecule has 22 heavy (non-hydrogen) atoms. The summed E-state index contributed by atoms with van der Waals surface area (Å²) in [5.41, 5.74) is 2.30. The smallest absolute Gasteiger partial charge is 0.305 e. The Morgan fingerprint density at radius 1 is 1.36 bits per heavy atom. The lowest BCUT2D eigenvalue weighted by atomic mass is 10.0. The summed E-state index contributed by atoms with van der Waals surface area (Å²) in [6.45, 7) is 3.85. The van der Waals surface area contributed by atoms with Crippen LogP contribution in [-0.2, 0) is 4.79 Å². The number of aryl methyl sites for hydroxylation is 1. The van der Waals surface area contributed by atoms with Gasteiger partial charge >= 0.3 is 5.97 Å². The van der Waals surface area contributed by atoms with Crippen LogP contribution in [0.3, 0.4) is 0 Å². The zero-order valence-corrected chi connectivity index (χ0v) is 14.6. The number of halogens is 1. The highest BCUT2D eigenvalue weighted by Crippen LogP contribution is 2.24. The standard InChI is InChI=1S/C16H16BrNO3S/c1-9-10(2)22-8-13(9)16(21)18-14(7-15(19)20)11-4-3-5-12(17)6-11/h3-6,8,14H,7H2,1-2H3,(H,18,21)(H,19,20). The van der Waals surface area contributed by atoms with Crippen molar-refractivity contribution in [1.82, 2.24) is 5.32 Å². The summed E-state index contributed by atoms with van der Waals surface area (Å²) in [5, 5.41) is 13.7. The number of hydrogen-bond donors (Lipinski definition) is 2. The number of hydrogen-bond acceptors (Lipinski definition) is 3. The van der Waals surface area contributed by atoms with E-state index in [0.717, 1.165) is 20.5 Å². The largest absolute Gasteiger partial charge is 0.481 e. The van der Waals surface area contributed by atoms with Gasteiger partial charge in [0.1, 0.15) is 0 Å². The molecule has 1 amide bonds. The van der Waals surface area contributed by atoms with Crippen LogP contribution >= 0.6 is 27.3 Å². The van der Waals surface area contributed by atoms with Crippen molar-refractivity contribution in [2.75, 3.05) is 0 Å². The van der Waals surface area contributed by atoms with Crippen molar-refractivity contribution in [2.45, 2.75) is 26.3 Å². The first-order valence-electron chi connectivity index (χ1n) is 6.71. The van der Waals surface area contributed by atoms with Crippen molar-refractivity contribution in [3.63, 3.8) is 0 Å². The maximum absolute atomic E-state index is 12.4. The van der Waals surface area contributed by atoms with Gasteiger partial charge < -0.3 is 10.4 Å². The normalized spacial score (nSPS) is 12.0. The number of carboxylic acid groups (broad SMARTS) is 1. The molecule has 0 fully saturated rings. The van der Waals surface area contributed by atoms with Gasteiger partial charge in [0, 0.05) is 14.7 Å². The van der Waals surface area contributed by atoms with Gasteiger partial charge in [-0.1, -0.05) is 28.1 Å². The summed E-state index contributed by atoms with van der Waals surface area (Å²) in [7, 11) is 0. The van der Waals surface area contributed by atoms with Crippen LogP contribution in [0.4, 0.5) is 0 Å². The van der Waals surface area contributed by atoms with Crippen molar-refractivity contribution in [1.29, 1.82) is 0 Å². The highest BCUT2D eigenvalue weighted by Gasteiger charge is 2.21. The molecule has 2 rings (SSSR count). The number of benzene rings is 1. The van der Waals surface area contributed by atoms with E-state index in [0.29, 0.717) is 5.56 Å². The van der Waals surface area contributed by atoms with E-state index in [2.05, 4.69) is 21.2 Å². The van der Waals surface area contributed by atoms with Crippen molar-refractivity contribution in [2.24, 2.45) is 0 Å². The van der Waals surface area contributed by atoms with E-state index < -0.39 is 12.0 Å². The molecule has 1 atom stereocenters. The summed E-state index contributed by atoms with van der Waals surface area (Å²) in [5.74, 6) is -1.20. The van der Waals surface area contributed by atoms with Gasteiger partial charge in [0.25, 0.3) is 5.91 Å². The van der Waals surface area contributed by atoms with Crippen LogP contribution in [0.2, 0.25) is 0 Å². The minimum atomic E-state index is -0.955. The Balaban J connectivity index is 2.25. The topological polar surface area (TPSA) is 66.4 Å². The fraction of sp³-hybridized carbons (Fsp3) is 0.250. The van der Waals surface area contributed by atoms with Gasteiger partial charge in [-0.3, -0.25) is 9.59 Å². The molecule has 6 heteroatoms. The van der Waals surface area contributed by atoms with E-state index in [1.165, 1.54) is 11.3 Å². The molecule has 0 bridgehead atoms. The molecule has 1 aromatic heterocycles. The number of amides is 1. The van der Waals surface area contributed by atoms with E-state index in [9.17, 15) is 9.59 Å². The lowest BCUT2D eigenvalue weighted by molar-refractivity contribution is -0.137. The van der Waals surface area contributed by atoms with Gasteiger partial charge in [-0.25, -0.2) is 0 Å². The lowest BCUT2D eigenvalue weighted by Gasteiger charge is -2.18. The molecular formula is C16H16BrNO3S. The molecule has 0 saturated heterocycles. The van der Waals surface area contributed by atoms with Crippen LogP contribution in [0.1, 0.15) is 38.8 Å². The van der Waals surface area contributed by atoms with E-state index in [1.807, 2.05) is 38.1 Å². The second-order valence-corrected chi connectivity index (χ2v) is 7.01. The highest BCUT2D eigenvalue weighted by atomic mass is 79.9. The Bertz CT molecular complexity index is 711. The number of aliphatic carboxylic acids is 1. The molecule has 1 unspecified atom stereocenters. The first kappa shape index (κ1) is 16.7. The number of carboxylic acids is 1. The SMILES string of the molecule is Cc1scc(C(=O)NC(CC(=O)O)c2cccc(Br)c2)c1C. The molecule has 0 aliphatic carbocycles. The Morgan fingerprint density at radius 2 is 2.09 bits per heavy atom. The summed E-state index contributed by atoms with van der Waals surface area (Å²) < 4.78 is 0.845. The van der Waals surface area contributed by atoms with E-state index in [4.69, 9.17) is 5.11 Å². The molecule has 0 saturated carbocycles. The van der Waals surface area contributed by atoms with Crippen LogP contribution in [0.15, 0.2) is 34.1 Å². The van der Waals surface area contributed by atoms with Crippen molar-refractivity contribution >= 4 is 39.1 Å². The molecule has 116 valence electrons. The Hall–Kier alpha value is -1.66. The molecule has 2 N–H and O–H groups in total. The van der Waals surface area contributed by atoms with Crippen molar-refractivity contribution < 1.29 is 14.7 Å². The molecule has 2 aromatic rings. The van der Waals surface area contributed by atoms with E-state index >= 15 is 0 Å². The Kier molecular flexibility index (Phi) is 5.37. The summed E-state index contributed by atoms with van der Waals surface area (Å²) in [6, 6.07) is 6.74. The van der Waals surface area contributed by atoms with E-state index in [-0.39, 0.29) is 12.3 Å². The second kappa shape index (κ2) is 7.07. The van der Waals surface area contributed by atoms with Gasteiger partial charge in [-0.05, 0) is 37.1 Å². The summed E-state index contributed by atoms with van der Waals surface area (Å²) in [6.07, 6.45) is -0.162. The molecule has 0 aliphatic rings. The van der Waals surface area contributed by atoms with Crippen molar-refractivity contribution in [3.05, 3.63) is 55.7 Å². The van der Waals surface area contributed by atoms with Gasteiger partial charge in [-0.15, -0.1) is 11.3 Å². The first-order valence-corrected chi connectivity index (χ1v) is 8.38. The quantitative estimate of drug-likeness (QED) is 0.819. The summed E-state index contributed by atoms with van der Waals surface area (Å²) in [4.78, 5) is 24.6. The molecule has 0 aliphatic heterocycles. The van der Waals surface area contributed by atoms with Crippen LogP contribution in [0.5, 0.6) is 0 Å². The molecule has 1 heterocycles. The second-order valence-electron chi connectivity index (χ2n) is 5.01. The minimum absolute atomic E-state index is 0.162. The third kappa shape index (κ3) is 3.96. The monoisotopic (exact) mass is 381 g/mol. The lowest BCUT2D eigenvalue weighted by Crippen LogP contribution is -2.30. The third-order valence-electron chi connectivity index (χ3n) is 3.47. The number of thiophene rings is 1. The van der Waals surface area contributed by atoms with Crippen LogP contribution in [0, 0.1) is 13.8 Å². The molecule has 4 nitrogen and oxygen atoms in total. The Labute approximate surface area is 141 Å². The molecule has 0 spiro atoms. The zero-order valence-electron chi connectivity index (χ0n) is 12.2. The molecular weight excluding hydrogens is 366 g/mol. The third-order valence-corrected chi connectivity index (χ3v) is 4.97. The number of carbonyl (C=O) groups excluding carboxylic acids is 1. The zero-order chi connectivity index (χ0) is 16.3. The van der Waals surface area contributed by atoms with Crippen LogP contribution < -0.4 is 5.32 Å². The van der Waals surface area contributed by atoms with Gasteiger partial charge in [0.2, 0.25) is 0 Å².